The van der Waals surface area contributed by atoms with Crippen LogP contribution < -0.4 is 9.63 Å². The molecular formula is C21H48N2O3Si3. The Bertz CT molecular complexity index is 447. The molecule has 0 aromatic carbocycles. The molecule has 1 heterocycles. The molecule has 2 unspecified atom stereocenters. The molecule has 5 nitrogen and oxygen atoms in total. The van der Waals surface area contributed by atoms with E-state index in [1.165, 1.54) is 69.6 Å². The maximum absolute atomic E-state index is 5.53. The minimum atomic E-state index is -2.39. The second-order valence-corrected chi connectivity index (χ2v) is 20.9. The first-order valence-corrected chi connectivity index (χ1v) is 19.2. The third-order valence-electron chi connectivity index (χ3n) is 6.48. The lowest BCUT2D eigenvalue weighted by molar-refractivity contribution is 0.122. The normalized spacial score (nSPS) is 26.1. The van der Waals surface area contributed by atoms with Gasteiger partial charge in [-0.1, -0.05) is 51.1 Å². The van der Waals surface area contributed by atoms with Crippen molar-refractivity contribution < 1.29 is 13.3 Å². The highest BCUT2D eigenvalue weighted by molar-refractivity contribution is 6.91. The van der Waals surface area contributed by atoms with Crippen LogP contribution in [-0.2, 0) is 13.3 Å². The van der Waals surface area contributed by atoms with E-state index in [9.17, 15) is 0 Å². The summed E-state index contributed by atoms with van der Waals surface area (Å²) in [6, 6.07) is 5.12. The molecule has 0 amide bonds. The standard InChI is InChI=1S/C21H48N2O3Si3/c1-7-8-9-13-18-27(5)19-16-12-17-22-28(6,23-27)20-14-10-11-15-21-29(24-2,25-3)26-4/h7,22-23H,1,8-21H2,2-6H3. The lowest BCUT2D eigenvalue weighted by atomic mass is 10.2. The highest BCUT2D eigenvalue weighted by Crippen LogP contribution is 2.25. The van der Waals surface area contributed by atoms with Crippen LogP contribution in [0.15, 0.2) is 12.7 Å². The van der Waals surface area contributed by atoms with Crippen LogP contribution in [0.4, 0.5) is 0 Å². The number of rotatable bonds is 15. The van der Waals surface area contributed by atoms with E-state index in [-0.39, 0.29) is 0 Å². The first kappa shape index (κ1) is 27.2. The molecule has 172 valence electrons. The van der Waals surface area contributed by atoms with Crippen LogP contribution in [0.25, 0.3) is 0 Å². The van der Waals surface area contributed by atoms with Gasteiger partial charge in [-0.05, 0) is 50.5 Å². The Labute approximate surface area is 184 Å². The van der Waals surface area contributed by atoms with Crippen molar-refractivity contribution in [1.82, 2.24) is 9.63 Å². The van der Waals surface area contributed by atoms with Crippen molar-refractivity contribution in [2.45, 2.75) is 95.1 Å². The lowest BCUT2D eigenvalue weighted by Crippen LogP contribution is -2.70. The fraction of sp³-hybridized carbons (Fsp3) is 0.905. The van der Waals surface area contributed by atoms with Crippen molar-refractivity contribution in [3.8, 4) is 0 Å². The summed E-state index contributed by atoms with van der Waals surface area (Å²) in [5.41, 5.74) is 0. The summed E-state index contributed by atoms with van der Waals surface area (Å²) < 4.78 is 20.9. The van der Waals surface area contributed by atoms with Gasteiger partial charge in [-0.25, -0.2) is 0 Å². The van der Waals surface area contributed by atoms with Crippen LogP contribution in [-0.4, -0.2) is 53.3 Å². The molecule has 0 bridgehead atoms. The fourth-order valence-electron chi connectivity index (χ4n) is 4.65. The Balaban J connectivity index is 2.43. The minimum Gasteiger partial charge on any atom is -0.377 e. The zero-order valence-corrected chi connectivity index (χ0v) is 22.9. The molecule has 0 spiro atoms. The van der Waals surface area contributed by atoms with Gasteiger partial charge in [-0.15, -0.1) is 6.58 Å². The fourth-order valence-corrected chi connectivity index (χ4v) is 17.8. The van der Waals surface area contributed by atoms with Crippen molar-refractivity contribution in [2.75, 3.05) is 27.9 Å². The van der Waals surface area contributed by atoms with Crippen molar-refractivity contribution in [3.63, 3.8) is 0 Å². The van der Waals surface area contributed by atoms with Crippen molar-refractivity contribution in [3.05, 3.63) is 12.7 Å². The third-order valence-corrected chi connectivity index (χ3v) is 19.2. The summed E-state index contributed by atoms with van der Waals surface area (Å²) in [6.07, 6.45) is 13.6. The Morgan fingerprint density at radius 1 is 0.897 bits per heavy atom. The first-order chi connectivity index (χ1) is 13.9. The van der Waals surface area contributed by atoms with Crippen LogP contribution >= 0.6 is 0 Å². The number of nitrogens with one attached hydrogen (secondary N) is 2. The van der Waals surface area contributed by atoms with Crippen LogP contribution in [0, 0.1) is 0 Å². The number of unbranched alkanes of at least 4 members (excludes halogenated alkanes) is 5. The zero-order valence-electron chi connectivity index (χ0n) is 19.9. The molecule has 0 radical (unpaired) electrons. The SMILES string of the molecule is C=CCCCC[Si]1(C)CCCCN[Si](C)(CCCCCC[Si](OC)(OC)OC)N1. The van der Waals surface area contributed by atoms with Crippen molar-refractivity contribution in [2.24, 2.45) is 0 Å². The Hall–Kier alpha value is 0.191. The molecule has 1 aliphatic heterocycles. The van der Waals surface area contributed by atoms with E-state index in [2.05, 4.69) is 35.4 Å². The maximum Gasteiger partial charge on any atom is 0.500 e. The Morgan fingerprint density at radius 3 is 2.21 bits per heavy atom. The van der Waals surface area contributed by atoms with E-state index in [4.69, 9.17) is 13.3 Å². The summed E-state index contributed by atoms with van der Waals surface area (Å²) in [6.45, 7) is 10.2. The van der Waals surface area contributed by atoms with Crippen molar-refractivity contribution >= 4 is 25.4 Å². The summed E-state index contributed by atoms with van der Waals surface area (Å²) >= 11 is 0. The van der Waals surface area contributed by atoms with Gasteiger partial charge in [-0.2, -0.15) is 0 Å². The quantitative estimate of drug-likeness (QED) is 0.195. The molecule has 0 aromatic rings. The molecule has 0 saturated carbocycles. The second-order valence-electron chi connectivity index (χ2n) is 9.15. The van der Waals surface area contributed by atoms with Gasteiger partial charge in [-0.3, -0.25) is 0 Å². The van der Waals surface area contributed by atoms with Gasteiger partial charge < -0.3 is 22.9 Å². The van der Waals surface area contributed by atoms with Crippen LogP contribution in [0.1, 0.15) is 57.8 Å². The topological polar surface area (TPSA) is 51.8 Å². The molecule has 1 fully saturated rings. The van der Waals surface area contributed by atoms with Gasteiger partial charge in [0.2, 0.25) is 0 Å². The largest absolute Gasteiger partial charge is 0.500 e. The van der Waals surface area contributed by atoms with E-state index in [1.807, 2.05) is 0 Å². The van der Waals surface area contributed by atoms with Crippen LogP contribution in [0.3, 0.4) is 0 Å². The monoisotopic (exact) mass is 460 g/mol. The van der Waals surface area contributed by atoms with E-state index in [0.29, 0.717) is 0 Å². The molecular weight excluding hydrogens is 413 g/mol. The molecule has 8 heteroatoms. The van der Waals surface area contributed by atoms with E-state index < -0.39 is 25.4 Å². The van der Waals surface area contributed by atoms with E-state index in [0.717, 1.165) is 18.9 Å². The highest BCUT2D eigenvalue weighted by atomic mass is 28.4. The van der Waals surface area contributed by atoms with Crippen LogP contribution in [0.5, 0.6) is 0 Å². The summed E-state index contributed by atoms with van der Waals surface area (Å²) in [7, 11) is -0.192. The second kappa shape index (κ2) is 14.3. The lowest BCUT2D eigenvalue weighted by Gasteiger charge is -2.42. The maximum atomic E-state index is 5.53. The average molecular weight is 461 g/mol. The minimum absolute atomic E-state index is 0.914. The van der Waals surface area contributed by atoms with Crippen molar-refractivity contribution in [1.29, 1.82) is 0 Å². The molecule has 2 N–H and O–H groups in total. The van der Waals surface area contributed by atoms with Crippen LogP contribution in [0.2, 0.25) is 37.3 Å². The predicted molar refractivity (Wildman–Crippen MR) is 132 cm³/mol. The third kappa shape index (κ3) is 10.4. The average Bonchev–Trinajstić information content (AvgIpc) is 2.70. The number of hydrogen-bond donors (Lipinski definition) is 2. The number of hydrogen-bond acceptors (Lipinski definition) is 5. The summed E-state index contributed by atoms with van der Waals surface area (Å²) in [4.78, 5) is 3.99. The van der Waals surface area contributed by atoms with Gasteiger partial charge in [0, 0.05) is 27.4 Å². The summed E-state index contributed by atoms with van der Waals surface area (Å²) in [5.74, 6) is 0. The molecule has 1 saturated heterocycles. The summed E-state index contributed by atoms with van der Waals surface area (Å²) in [5, 5.41) is 0. The number of allylic oxidation sites excluding steroid dienone is 1. The molecule has 2 atom stereocenters. The Kier molecular flexibility index (Phi) is 13.4. The molecule has 0 aliphatic carbocycles. The Morgan fingerprint density at radius 2 is 1.55 bits per heavy atom. The molecule has 1 rings (SSSR count). The molecule has 0 aromatic heterocycles. The van der Waals surface area contributed by atoms with Gasteiger partial charge in [0.1, 0.15) is 8.24 Å². The predicted octanol–water partition coefficient (Wildman–Crippen LogP) is 5.40. The zero-order chi connectivity index (χ0) is 21.6. The highest BCUT2D eigenvalue weighted by Gasteiger charge is 2.38. The molecule has 1 aliphatic rings. The van der Waals surface area contributed by atoms with E-state index in [1.54, 1.807) is 21.3 Å². The van der Waals surface area contributed by atoms with Gasteiger partial charge in [0.25, 0.3) is 0 Å². The smallest absolute Gasteiger partial charge is 0.377 e. The van der Waals surface area contributed by atoms with Gasteiger partial charge >= 0.3 is 8.80 Å². The van der Waals surface area contributed by atoms with E-state index >= 15 is 0 Å². The van der Waals surface area contributed by atoms with Gasteiger partial charge in [0.15, 0.2) is 8.40 Å². The van der Waals surface area contributed by atoms with Gasteiger partial charge in [0.05, 0.1) is 0 Å². The molecule has 29 heavy (non-hydrogen) atoms. The first-order valence-electron chi connectivity index (χ1n) is 11.7.